The van der Waals surface area contributed by atoms with Crippen molar-refractivity contribution in [1.82, 2.24) is 5.43 Å². The maximum absolute atomic E-state index is 12.2. The predicted octanol–water partition coefficient (Wildman–Crippen LogP) is 3.22. The summed E-state index contributed by atoms with van der Waals surface area (Å²) in [6.45, 7) is 1.98. The zero-order valence-corrected chi connectivity index (χ0v) is 17.1. The van der Waals surface area contributed by atoms with E-state index in [1.807, 2.05) is 19.1 Å². The second-order valence-corrected chi connectivity index (χ2v) is 6.80. The van der Waals surface area contributed by atoms with Gasteiger partial charge in [0.2, 0.25) is 0 Å². The van der Waals surface area contributed by atoms with Crippen LogP contribution in [0.4, 0.5) is 0 Å². The molecule has 3 rings (SSSR count). The summed E-state index contributed by atoms with van der Waals surface area (Å²) in [5.41, 5.74) is 8.78. The Morgan fingerprint density at radius 1 is 1.17 bits per heavy atom. The summed E-state index contributed by atoms with van der Waals surface area (Å²) in [6.07, 6.45) is 1.46. The van der Waals surface area contributed by atoms with Crippen molar-refractivity contribution in [2.75, 3.05) is 13.2 Å². The number of nitrogens with one attached hydrogen (secondary N) is 1. The minimum Gasteiger partial charge on any atom is -0.490 e. The van der Waals surface area contributed by atoms with Gasteiger partial charge in [-0.3, -0.25) is 9.59 Å². The number of nitrogens with two attached hydrogens (primary N) is 1. The van der Waals surface area contributed by atoms with Crippen LogP contribution in [0.2, 0.25) is 0 Å². The topological polar surface area (TPSA) is 116 Å². The number of fused-ring (bicyclic) bond motifs is 1. The Labute approximate surface area is 174 Å². The van der Waals surface area contributed by atoms with Gasteiger partial charge in [0.25, 0.3) is 5.91 Å². The largest absolute Gasteiger partial charge is 0.490 e. The number of hydrogen-bond acceptors (Lipinski definition) is 6. The van der Waals surface area contributed by atoms with E-state index in [9.17, 15) is 9.59 Å². The summed E-state index contributed by atoms with van der Waals surface area (Å²) < 4.78 is 17.2. The predicted molar refractivity (Wildman–Crippen MR) is 111 cm³/mol. The van der Waals surface area contributed by atoms with Crippen molar-refractivity contribution in [2.24, 2.45) is 10.8 Å². The highest BCUT2D eigenvalue weighted by Crippen LogP contribution is 2.28. The number of carbonyl (C=O) groups excluding carboxylic acids is 2. The molecule has 0 saturated heterocycles. The number of hydrogen-bond donors (Lipinski definition) is 2. The zero-order valence-electron chi connectivity index (χ0n) is 15.5. The zero-order chi connectivity index (χ0) is 20.8. The average Bonchev–Trinajstić information content (AvgIpc) is 3.10. The summed E-state index contributed by atoms with van der Waals surface area (Å²) in [7, 11) is 0. The van der Waals surface area contributed by atoms with Gasteiger partial charge in [0.05, 0.1) is 12.8 Å². The van der Waals surface area contributed by atoms with Gasteiger partial charge in [-0.1, -0.05) is 15.9 Å². The molecule has 0 unspecified atom stereocenters. The molecule has 0 radical (unpaired) electrons. The van der Waals surface area contributed by atoms with E-state index in [1.54, 1.807) is 30.3 Å². The number of halogens is 1. The number of carbonyl (C=O) groups is 2. The van der Waals surface area contributed by atoms with Crippen LogP contribution in [-0.2, 0) is 4.79 Å². The molecule has 3 aromatic rings. The monoisotopic (exact) mass is 459 g/mol. The molecule has 0 fully saturated rings. The Morgan fingerprint density at radius 3 is 2.76 bits per heavy atom. The lowest BCUT2D eigenvalue weighted by molar-refractivity contribution is -0.119. The lowest BCUT2D eigenvalue weighted by Gasteiger charge is -2.11. The number of hydrazone groups is 1. The van der Waals surface area contributed by atoms with Gasteiger partial charge in [-0.15, -0.1) is 0 Å². The van der Waals surface area contributed by atoms with Crippen LogP contribution in [0, 0.1) is 0 Å². The highest BCUT2D eigenvalue weighted by molar-refractivity contribution is 9.10. The van der Waals surface area contributed by atoms with Crippen molar-refractivity contribution in [2.45, 2.75) is 6.92 Å². The first-order chi connectivity index (χ1) is 14.0. The van der Waals surface area contributed by atoms with Crippen LogP contribution in [-0.4, -0.2) is 31.2 Å². The Hall–Kier alpha value is -3.33. The molecule has 0 aliphatic rings. The number of ether oxygens (including phenoxy) is 2. The van der Waals surface area contributed by atoms with Crippen molar-refractivity contribution in [3.05, 3.63) is 58.3 Å². The van der Waals surface area contributed by atoms with Gasteiger partial charge >= 0.3 is 5.91 Å². The number of primary amides is 1. The molecule has 9 heteroatoms. The number of benzene rings is 2. The molecule has 0 spiro atoms. The third kappa shape index (κ3) is 5.35. The second kappa shape index (κ2) is 9.24. The van der Waals surface area contributed by atoms with Crippen molar-refractivity contribution < 1.29 is 23.5 Å². The van der Waals surface area contributed by atoms with E-state index in [-0.39, 0.29) is 12.4 Å². The Bertz CT molecular complexity index is 1080. The number of furan rings is 1. The molecular formula is C20H18BrN3O5. The van der Waals surface area contributed by atoms with Crippen molar-refractivity contribution in [1.29, 1.82) is 0 Å². The van der Waals surface area contributed by atoms with Crippen molar-refractivity contribution >= 4 is 44.9 Å². The Kier molecular flexibility index (Phi) is 6.50. The molecule has 2 aromatic carbocycles. The van der Waals surface area contributed by atoms with Crippen LogP contribution in [0.15, 0.2) is 56.5 Å². The highest BCUT2D eigenvalue weighted by Gasteiger charge is 2.12. The van der Waals surface area contributed by atoms with Crippen LogP contribution in [0.5, 0.6) is 11.5 Å². The molecule has 150 valence electrons. The lowest BCUT2D eigenvalue weighted by Crippen LogP contribution is -2.20. The summed E-state index contributed by atoms with van der Waals surface area (Å²) in [4.78, 5) is 23.1. The fourth-order valence-corrected chi connectivity index (χ4v) is 2.87. The fourth-order valence-electron chi connectivity index (χ4n) is 2.49. The minimum absolute atomic E-state index is 0.153. The fraction of sp³-hybridized carbons (Fsp3) is 0.150. The van der Waals surface area contributed by atoms with E-state index in [0.717, 1.165) is 9.86 Å². The van der Waals surface area contributed by atoms with Crippen LogP contribution in [0.3, 0.4) is 0 Å². The highest BCUT2D eigenvalue weighted by atomic mass is 79.9. The molecule has 0 aliphatic carbocycles. The molecule has 29 heavy (non-hydrogen) atoms. The van der Waals surface area contributed by atoms with Crippen LogP contribution < -0.4 is 20.6 Å². The number of nitrogens with zero attached hydrogens (tertiary/aromatic N) is 1. The second-order valence-electron chi connectivity index (χ2n) is 5.89. The van der Waals surface area contributed by atoms with Gasteiger partial charge < -0.3 is 19.6 Å². The van der Waals surface area contributed by atoms with Gasteiger partial charge in [-0.25, -0.2) is 5.43 Å². The van der Waals surface area contributed by atoms with Gasteiger partial charge in [-0.05, 0) is 55.0 Å². The minimum atomic E-state index is -0.584. The maximum Gasteiger partial charge on any atom is 0.307 e. The molecule has 0 saturated carbocycles. The third-order valence-corrected chi connectivity index (χ3v) is 4.21. The Morgan fingerprint density at radius 2 is 2.00 bits per heavy atom. The molecule has 2 amide bonds. The van der Waals surface area contributed by atoms with Crippen LogP contribution in [0.1, 0.15) is 23.0 Å². The molecule has 8 nitrogen and oxygen atoms in total. The van der Waals surface area contributed by atoms with E-state index < -0.39 is 11.8 Å². The van der Waals surface area contributed by atoms with E-state index in [0.29, 0.717) is 29.3 Å². The summed E-state index contributed by atoms with van der Waals surface area (Å²) in [6, 6.07) is 12.1. The molecule has 0 atom stereocenters. The van der Waals surface area contributed by atoms with E-state index in [1.165, 1.54) is 6.21 Å². The number of amides is 2. The SMILES string of the molecule is CCOc1cc(/C=N\NC(=O)c2cc3cc(Br)ccc3o2)ccc1OCC(N)=O. The van der Waals surface area contributed by atoms with Gasteiger partial charge in [-0.2, -0.15) is 5.10 Å². The summed E-state index contributed by atoms with van der Waals surface area (Å²) in [5.74, 6) is -0.0774. The molecule has 0 bridgehead atoms. The van der Waals surface area contributed by atoms with E-state index in [2.05, 4.69) is 26.5 Å². The molecular weight excluding hydrogens is 442 g/mol. The summed E-state index contributed by atoms with van der Waals surface area (Å²) in [5, 5.41) is 4.75. The van der Waals surface area contributed by atoms with E-state index in [4.69, 9.17) is 19.6 Å². The molecule has 1 aromatic heterocycles. The third-order valence-electron chi connectivity index (χ3n) is 3.72. The van der Waals surface area contributed by atoms with Crippen molar-refractivity contribution in [3.63, 3.8) is 0 Å². The maximum atomic E-state index is 12.2. The quantitative estimate of drug-likeness (QED) is 0.396. The normalized spacial score (nSPS) is 11.0. The van der Waals surface area contributed by atoms with Gasteiger partial charge in [0, 0.05) is 9.86 Å². The Balaban J connectivity index is 1.68. The first kappa shape index (κ1) is 20.4. The smallest absolute Gasteiger partial charge is 0.307 e. The van der Waals surface area contributed by atoms with E-state index >= 15 is 0 Å². The van der Waals surface area contributed by atoms with Crippen LogP contribution >= 0.6 is 15.9 Å². The first-order valence-corrected chi connectivity index (χ1v) is 9.46. The summed E-state index contributed by atoms with van der Waals surface area (Å²) >= 11 is 3.38. The average molecular weight is 460 g/mol. The molecule has 1 heterocycles. The molecule has 3 N–H and O–H groups in total. The van der Waals surface area contributed by atoms with Gasteiger partial charge in [0.1, 0.15) is 5.58 Å². The van der Waals surface area contributed by atoms with Gasteiger partial charge in [0.15, 0.2) is 23.9 Å². The standard InChI is InChI=1S/C20H18BrN3O5/c1-2-27-17-7-12(3-5-16(17)28-11-19(22)25)10-23-24-20(26)18-9-13-8-14(21)4-6-15(13)29-18/h3-10H,2,11H2,1H3,(H2,22,25)(H,24,26)/b23-10-. The van der Waals surface area contributed by atoms with Crippen molar-refractivity contribution in [3.8, 4) is 11.5 Å². The lowest BCUT2D eigenvalue weighted by atomic mass is 10.2. The first-order valence-electron chi connectivity index (χ1n) is 8.66. The van der Waals surface area contributed by atoms with Crippen LogP contribution in [0.25, 0.3) is 11.0 Å². The molecule has 0 aliphatic heterocycles. The number of rotatable bonds is 8.